The quantitative estimate of drug-likeness (QED) is 0.879. The molecule has 2 rings (SSSR count). The summed E-state index contributed by atoms with van der Waals surface area (Å²) < 4.78 is 5.77. The van der Waals surface area contributed by atoms with Gasteiger partial charge >= 0.3 is 0 Å². The molecule has 0 fully saturated rings. The molecule has 1 aromatic carbocycles. The second-order valence-electron chi connectivity index (χ2n) is 5.23. The number of hydrogen-bond donors (Lipinski definition) is 1. The van der Waals surface area contributed by atoms with Crippen LogP contribution < -0.4 is 10.1 Å². The van der Waals surface area contributed by atoms with E-state index < -0.39 is 0 Å². The Hall–Kier alpha value is -1.39. The van der Waals surface area contributed by atoms with E-state index in [1.807, 2.05) is 14.0 Å². The molecule has 0 aliphatic heterocycles. The van der Waals surface area contributed by atoms with Crippen molar-refractivity contribution in [1.29, 1.82) is 0 Å². The zero-order chi connectivity index (χ0) is 15.4. The predicted molar refractivity (Wildman–Crippen MR) is 90.6 cm³/mol. The molecule has 4 heteroatoms. The number of benzene rings is 1. The van der Waals surface area contributed by atoms with Gasteiger partial charge < -0.3 is 10.1 Å². The van der Waals surface area contributed by atoms with Crippen molar-refractivity contribution in [2.24, 2.45) is 0 Å². The first-order valence-electron chi connectivity index (χ1n) is 7.41. The average Bonchev–Trinajstić information content (AvgIpc) is 2.94. The summed E-state index contributed by atoms with van der Waals surface area (Å²) in [6.07, 6.45) is 0.981. The van der Waals surface area contributed by atoms with E-state index in [2.05, 4.69) is 37.5 Å². The van der Waals surface area contributed by atoms with Gasteiger partial charge in [0.15, 0.2) is 0 Å². The molecule has 0 spiro atoms. The van der Waals surface area contributed by atoms with Gasteiger partial charge in [-0.3, -0.25) is 0 Å². The number of rotatable bonds is 6. The topological polar surface area (TPSA) is 34.1 Å². The maximum atomic E-state index is 5.77. The molecule has 114 valence electrons. The van der Waals surface area contributed by atoms with Crippen molar-refractivity contribution >= 4 is 11.3 Å². The van der Waals surface area contributed by atoms with Gasteiger partial charge in [-0.2, -0.15) is 0 Å². The molecular formula is C17H24N2OS. The summed E-state index contributed by atoms with van der Waals surface area (Å²) in [5.74, 6) is 1.02. The summed E-state index contributed by atoms with van der Waals surface area (Å²) in [5.41, 5.74) is 5.96. The third kappa shape index (κ3) is 3.44. The Labute approximate surface area is 131 Å². The standard InChI is InChI=1S/C17H24N2OS/c1-6-20-17-11(2)9-14(12(3)13(17)4)15-10-21-16(19-15)7-8-18-5/h9-10,18H,6-8H2,1-5H3. The molecule has 0 atom stereocenters. The number of ether oxygens (including phenoxy) is 1. The third-order valence-electron chi connectivity index (χ3n) is 3.73. The zero-order valence-corrected chi connectivity index (χ0v) is 14.4. The first-order valence-corrected chi connectivity index (χ1v) is 8.29. The minimum Gasteiger partial charge on any atom is -0.493 e. The maximum Gasteiger partial charge on any atom is 0.125 e. The van der Waals surface area contributed by atoms with E-state index >= 15 is 0 Å². The summed E-state index contributed by atoms with van der Waals surface area (Å²) in [6, 6.07) is 2.20. The van der Waals surface area contributed by atoms with Crippen LogP contribution in [0.4, 0.5) is 0 Å². The molecular weight excluding hydrogens is 280 g/mol. The van der Waals surface area contributed by atoms with Crippen LogP contribution in [0.25, 0.3) is 11.3 Å². The maximum absolute atomic E-state index is 5.77. The molecule has 1 heterocycles. The lowest BCUT2D eigenvalue weighted by molar-refractivity contribution is 0.335. The van der Waals surface area contributed by atoms with Gasteiger partial charge in [0.25, 0.3) is 0 Å². The van der Waals surface area contributed by atoms with Crippen molar-refractivity contribution in [3.8, 4) is 17.0 Å². The normalized spacial score (nSPS) is 10.9. The van der Waals surface area contributed by atoms with Crippen LogP contribution in [0.15, 0.2) is 11.4 Å². The number of thiazole rings is 1. The second-order valence-corrected chi connectivity index (χ2v) is 6.18. The Morgan fingerprint density at radius 2 is 2.00 bits per heavy atom. The van der Waals surface area contributed by atoms with E-state index in [0.717, 1.165) is 24.4 Å². The fraction of sp³-hybridized carbons (Fsp3) is 0.471. The molecule has 1 N–H and O–H groups in total. The van der Waals surface area contributed by atoms with Crippen molar-refractivity contribution in [3.05, 3.63) is 33.1 Å². The van der Waals surface area contributed by atoms with Crippen LogP contribution in [-0.4, -0.2) is 25.2 Å². The summed E-state index contributed by atoms with van der Waals surface area (Å²) in [5, 5.41) is 6.51. The molecule has 0 radical (unpaired) electrons. The van der Waals surface area contributed by atoms with Gasteiger partial charge in [-0.15, -0.1) is 11.3 Å². The molecule has 0 unspecified atom stereocenters. The molecule has 0 saturated carbocycles. The van der Waals surface area contributed by atoms with Crippen LogP contribution in [0.2, 0.25) is 0 Å². The number of likely N-dealkylation sites (N-methyl/N-ethyl adjacent to an activating group) is 1. The summed E-state index contributed by atoms with van der Waals surface area (Å²) in [7, 11) is 1.97. The Morgan fingerprint density at radius 1 is 1.24 bits per heavy atom. The molecule has 0 saturated heterocycles. The molecule has 21 heavy (non-hydrogen) atoms. The van der Waals surface area contributed by atoms with Crippen LogP contribution in [0.5, 0.6) is 5.75 Å². The monoisotopic (exact) mass is 304 g/mol. The summed E-state index contributed by atoms with van der Waals surface area (Å²) >= 11 is 1.74. The van der Waals surface area contributed by atoms with Crippen LogP contribution >= 0.6 is 11.3 Å². The molecule has 0 aliphatic rings. The fourth-order valence-corrected chi connectivity index (χ4v) is 3.27. The van der Waals surface area contributed by atoms with Crippen LogP contribution in [0.3, 0.4) is 0 Å². The third-order valence-corrected chi connectivity index (χ3v) is 4.64. The minimum absolute atomic E-state index is 0.700. The number of aryl methyl sites for hydroxylation is 1. The lowest BCUT2D eigenvalue weighted by atomic mass is 9.97. The lowest BCUT2D eigenvalue weighted by Crippen LogP contribution is -2.10. The van der Waals surface area contributed by atoms with Gasteiger partial charge in [-0.05, 0) is 57.5 Å². The van der Waals surface area contributed by atoms with E-state index in [4.69, 9.17) is 9.72 Å². The van der Waals surface area contributed by atoms with Crippen molar-refractivity contribution < 1.29 is 4.74 Å². The number of hydrogen-bond acceptors (Lipinski definition) is 4. The van der Waals surface area contributed by atoms with E-state index in [1.165, 1.54) is 27.3 Å². The zero-order valence-electron chi connectivity index (χ0n) is 13.5. The molecule has 0 bridgehead atoms. The van der Waals surface area contributed by atoms with Gasteiger partial charge in [0.1, 0.15) is 5.75 Å². The first kappa shape index (κ1) is 16.0. The van der Waals surface area contributed by atoms with Gasteiger partial charge in [0.05, 0.1) is 17.3 Å². The highest BCUT2D eigenvalue weighted by atomic mass is 32.1. The largest absolute Gasteiger partial charge is 0.493 e. The van der Waals surface area contributed by atoms with Gasteiger partial charge in [-0.25, -0.2) is 4.98 Å². The highest BCUT2D eigenvalue weighted by Crippen LogP contribution is 2.34. The summed E-state index contributed by atoms with van der Waals surface area (Å²) in [6.45, 7) is 10.1. The van der Waals surface area contributed by atoms with Crippen molar-refractivity contribution in [2.75, 3.05) is 20.2 Å². The second kappa shape index (κ2) is 7.05. The predicted octanol–water partition coefficient (Wildman–Crippen LogP) is 3.90. The number of nitrogens with one attached hydrogen (secondary N) is 1. The minimum atomic E-state index is 0.700. The SMILES string of the molecule is CCOc1c(C)cc(-c2csc(CCNC)n2)c(C)c1C. The molecule has 3 nitrogen and oxygen atoms in total. The van der Waals surface area contributed by atoms with Crippen LogP contribution in [0, 0.1) is 20.8 Å². The van der Waals surface area contributed by atoms with E-state index in [9.17, 15) is 0 Å². The Kier molecular flexibility index (Phi) is 5.37. The number of aromatic nitrogens is 1. The first-order chi connectivity index (χ1) is 10.1. The highest BCUT2D eigenvalue weighted by Gasteiger charge is 2.14. The smallest absolute Gasteiger partial charge is 0.125 e. The summed E-state index contributed by atoms with van der Waals surface area (Å²) in [4.78, 5) is 4.77. The molecule has 2 aromatic rings. The van der Waals surface area contributed by atoms with Crippen molar-refractivity contribution in [1.82, 2.24) is 10.3 Å². The van der Waals surface area contributed by atoms with E-state index in [-0.39, 0.29) is 0 Å². The van der Waals surface area contributed by atoms with Crippen LogP contribution in [0.1, 0.15) is 28.6 Å². The van der Waals surface area contributed by atoms with E-state index in [1.54, 1.807) is 11.3 Å². The van der Waals surface area contributed by atoms with Crippen molar-refractivity contribution in [3.63, 3.8) is 0 Å². The van der Waals surface area contributed by atoms with Crippen molar-refractivity contribution in [2.45, 2.75) is 34.1 Å². The van der Waals surface area contributed by atoms with Gasteiger partial charge in [0.2, 0.25) is 0 Å². The molecule has 0 aliphatic carbocycles. The van der Waals surface area contributed by atoms with Gasteiger partial charge in [-0.1, -0.05) is 0 Å². The Bertz CT molecular complexity index is 619. The molecule has 0 amide bonds. The Morgan fingerprint density at radius 3 is 2.67 bits per heavy atom. The Balaban J connectivity index is 2.38. The van der Waals surface area contributed by atoms with Crippen LogP contribution in [-0.2, 0) is 6.42 Å². The number of nitrogens with zero attached hydrogens (tertiary/aromatic N) is 1. The average molecular weight is 304 g/mol. The van der Waals surface area contributed by atoms with E-state index in [0.29, 0.717) is 6.61 Å². The highest BCUT2D eigenvalue weighted by molar-refractivity contribution is 7.09. The lowest BCUT2D eigenvalue weighted by Gasteiger charge is -2.15. The van der Waals surface area contributed by atoms with Gasteiger partial charge in [0, 0.05) is 23.9 Å². The fourth-order valence-electron chi connectivity index (χ4n) is 2.47. The molecule has 1 aromatic heterocycles.